The summed E-state index contributed by atoms with van der Waals surface area (Å²) in [6.07, 6.45) is 2.64. The summed E-state index contributed by atoms with van der Waals surface area (Å²) in [6.45, 7) is 0. The molecule has 0 fully saturated rings. The van der Waals surface area contributed by atoms with Crippen molar-refractivity contribution in [3.05, 3.63) is 95.5 Å². The van der Waals surface area contributed by atoms with E-state index < -0.39 is 5.97 Å². The molecule has 0 aliphatic heterocycles. The molecule has 0 aromatic heterocycles. The fourth-order valence-electron chi connectivity index (χ4n) is 3.35. The summed E-state index contributed by atoms with van der Waals surface area (Å²) < 4.78 is 11.6. The van der Waals surface area contributed by atoms with Crippen LogP contribution in [0.25, 0.3) is 28.0 Å². The number of ether oxygens (including phenoxy) is 2. The van der Waals surface area contributed by atoms with Crippen molar-refractivity contribution in [3.8, 4) is 28.4 Å². The summed E-state index contributed by atoms with van der Waals surface area (Å²) in [5.41, 5.74) is 2.58. The van der Waals surface area contributed by atoms with E-state index in [1.165, 1.54) is 6.08 Å². The van der Waals surface area contributed by atoms with Gasteiger partial charge in [0.05, 0.1) is 12.1 Å². The second-order valence-electron chi connectivity index (χ2n) is 6.86. The topological polar surface area (TPSA) is 55.8 Å². The Balaban J connectivity index is 1.78. The maximum Gasteiger partial charge on any atom is 0.328 e. The highest BCUT2D eigenvalue weighted by atomic mass is 35.5. The van der Waals surface area contributed by atoms with Gasteiger partial charge in [0, 0.05) is 17.0 Å². The Labute approximate surface area is 184 Å². The SMILES string of the molecule is COc1ccc(-c2ccc3ccccc3c2Oc2ccc(/C=C/C(=O)O)cc2)cc1Cl. The van der Waals surface area contributed by atoms with Gasteiger partial charge in [0.1, 0.15) is 17.2 Å². The summed E-state index contributed by atoms with van der Waals surface area (Å²) in [4.78, 5) is 10.7. The van der Waals surface area contributed by atoms with E-state index in [9.17, 15) is 4.79 Å². The predicted molar refractivity (Wildman–Crippen MR) is 124 cm³/mol. The highest BCUT2D eigenvalue weighted by Crippen LogP contribution is 2.41. The molecule has 4 aromatic carbocycles. The van der Waals surface area contributed by atoms with Crippen molar-refractivity contribution in [3.63, 3.8) is 0 Å². The summed E-state index contributed by atoms with van der Waals surface area (Å²) in [7, 11) is 1.58. The van der Waals surface area contributed by atoms with Crippen LogP contribution >= 0.6 is 11.6 Å². The highest BCUT2D eigenvalue weighted by molar-refractivity contribution is 6.32. The number of methoxy groups -OCH3 is 1. The zero-order valence-corrected chi connectivity index (χ0v) is 17.5. The highest BCUT2D eigenvalue weighted by Gasteiger charge is 2.14. The van der Waals surface area contributed by atoms with Crippen molar-refractivity contribution in [1.29, 1.82) is 0 Å². The quantitative estimate of drug-likeness (QED) is 0.333. The maximum absolute atomic E-state index is 10.7. The van der Waals surface area contributed by atoms with Gasteiger partial charge in [-0.3, -0.25) is 0 Å². The third-order valence-corrected chi connectivity index (χ3v) is 5.16. The van der Waals surface area contributed by atoms with Gasteiger partial charge in [0.15, 0.2) is 0 Å². The minimum absolute atomic E-state index is 0.522. The fraction of sp³-hybridized carbons (Fsp3) is 0.0385. The van der Waals surface area contributed by atoms with Crippen molar-refractivity contribution in [2.45, 2.75) is 0 Å². The van der Waals surface area contributed by atoms with E-state index in [1.807, 2.05) is 72.8 Å². The van der Waals surface area contributed by atoms with Crippen LogP contribution in [0, 0.1) is 0 Å². The van der Waals surface area contributed by atoms with Gasteiger partial charge >= 0.3 is 5.97 Å². The van der Waals surface area contributed by atoms with Crippen molar-refractivity contribution < 1.29 is 19.4 Å². The van der Waals surface area contributed by atoms with E-state index in [0.29, 0.717) is 22.3 Å². The molecule has 0 spiro atoms. The smallest absolute Gasteiger partial charge is 0.328 e. The molecule has 0 amide bonds. The molecule has 0 heterocycles. The normalized spacial score (nSPS) is 11.0. The number of hydrogen-bond acceptors (Lipinski definition) is 3. The van der Waals surface area contributed by atoms with Crippen molar-refractivity contribution in [2.75, 3.05) is 7.11 Å². The molecule has 0 bridgehead atoms. The van der Waals surface area contributed by atoms with E-state index in [0.717, 1.165) is 33.5 Å². The fourth-order valence-corrected chi connectivity index (χ4v) is 3.60. The van der Waals surface area contributed by atoms with Crippen LogP contribution in [0.4, 0.5) is 0 Å². The third-order valence-electron chi connectivity index (χ3n) is 4.86. The Bertz CT molecular complexity index is 1280. The van der Waals surface area contributed by atoms with Crippen molar-refractivity contribution in [2.24, 2.45) is 0 Å². The molecule has 31 heavy (non-hydrogen) atoms. The van der Waals surface area contributed by atoms with E-state index in [2.05, 4.69) is 6.07 Å². The lowest BCUT2D eigenvalue weighted by atomic mass is 9.99. The minimum atomic E-state index is -0.987. The molecule has 5 heteroatoms. The van der Waals surface area contributed by atoms with Gasteiger partial charge in [-0.1, -0.05) is 60.1 Å². The first kappa shape index (κ1) is 20.5. The largest absolute Gasteiger partial charge is 0.495 e. The Kier molecular flexibility index (Phi) is 5.92. The van der Waals surface area contributed by atoms with Gasteiger partial charge in [-0.2, -0.15) is 0 Å². The average Bonchev–Trinajstić information content (AvgIpc) is 2.78. The number of halogens is 1. The number of hydrogen-bond donors (Lipinski definition) is 1. The van der Waals surface area contributed by atoms with Crippen LogP contribution in [-0.2, 0) is 4.79 Å². The summed E-state index contributed by atoms with van der Waals surface area (Å²) in [6, 6.07) is 25.0. The van der Waals surface area contributed by atoms with Gasteiger partial charge in [-0.05, 0) is 52.9 Å². The van der Waals surface area contributed by atoms with Gasteiger partial charge in [-0.15, -0.1) is 0 Å². The molecular weight excluding hydrogens is 412 g/mol. The Morgan fingerprint density at radius 3 is 2.45 bits per heavy atom. The Hall–Kier alpha value is -3.76. The lowest BCUT2D eigenvalue weighted by Crippen LogP contribution is -1.92. The number of carbonyl (C=O) groups is 1. The van der Waals surface area contributed by atoms with Crippen LogP contribution < -0.4 is 9.47 Å². The van der Waals surface area contributed by atoms with E-state index >= 15 is 0 Å². The number of carboxylic acid groups (broad SMARTS) is 1. The van der Waals surface area contributed by atoms with Gasteiger partial charge in [-0.25, -0.2) is 4.79 Å². The summed E-state index contributed by atoms with van der Waals surface area (Å²) in [5.74, 6) is 0.982. The predicted octanol–water partition coefficient (Wildman–Crippen LogP) is 7.06. The molecule has 154 valence electrons. The number of aliphatic carboxylic acids is 1. The zero-order valence-electron chi connectivity index (χ0n) is 16.7. The molecular formula is C26H19ClO4. The molecule has 4 aromatic rings. The first-order valence-electron chi connectivity index (χ1n) is 9.60. The second-order valence-corrected chi connectivity index (χ2v) is 7.26. The molecule has 0 saturated carbocycles. The lowest BCUT2D eigenvalue weighted by Gasteiger charge is -2.15. The Morgan fingerprint density at radius 2 is 1.74 bits per heavy atom. The van der Waals surface area contributed by atoms with E-state index in [4.69, 9.17) is 26.2 Å². The van der Waals surface area contributed by atoms with Gasteiger partial charge in [0.25, 0.3) is 0 Å². The summed E-state index contributed by atoms with van der Waals surface area (Å²) in [5, 5.41) is 11.3. The van der Waals surface area contributed by atoms with Gasteiger partial charge in [0.2, 0.25) is 0 Å². The average molecular weight is 431 g/mol. The molecule has 0 aliphatic carbocycles. The molecule has 1 N–H and O–H groups in total. The number of fused-ring (bicyclic) bond motifs is 1. The van der Waals surface area contributed by atoms with Crippen molar-refractivity contribution >= 4 is 34.4 Å². The minimum Gasteiger partial charge on any atom is -0.495 e. The van der Waals surface area contributed by atoms with E-state index in [-0.39, 0.29) is 0 Å². The van der Waals surface area contributed by atoms with Crippen LogP contribution in [0.3, 0.4) is 0 Å². The number of benzene rings is 4. The summed E-state index contributed by atoms with van der Waals surface area (Å²) >= 11 is 6.37. The number of carboxylic acids is 1. The molecule has 0 radical (unpaired) electrons. The standard InChI is InChI=1S/C26H19ClO4/c1-30-24-14-10-19(16-23(24)27)22-13-9-18-4-2-3-5-21(18)26(22)31-20-11-6-17(7-12-20)8-15-25(28)29/h2-16H,1H3,(H,28,29)/b15-8+. The first-order chi connectivity index (χ1) is 15.0. The molecule has 0 saturated heterocycles. The third kappa shape index (κ3) is 4.55. The van der Waals surface area contributed by atoms with Crippen LogP contribution in [0.5, 0.6) is 17.2 Å². The van der Waals surface area contributed by atoms with Crippen LogP contribution in [0.15, 0.2) is 84.9 Å². The lowest BCUT2D eigenvalue weighted by molar-refractivity contribution is -0.131. The molecule has 0 aliphatic rings. The van der Waals surface area contributed by atoms with Crippen molar-refractivity contribution in [1.82, 2.24) is 0 Å². The maximum atomic E-state index is 10.7. The molecule has 4 rings (SSSR count). The molecule has 0 unspecified atom stereocenters. The first-order valence-corrected chi connectivity index (χ1v) is 9.97. The zero-order chi connectivity index (χ0) is 21.8. The van der Waals surface area contributed by atoms with Gasteiger partial charge < -0.3 is 14.6 Å². The second kappa shape index (κ2) is 8.94. The monoisotopic (exact) mass is 430 g/mol. The van der Waals surface area contributed by atoms with Crippen LogP contribution in [0.1, 0.15) is 5.56 Å². The van der Waals surface area contributed by atoms with Crippen LogP contribution in [0.2, 0.25) is 5.02 Å². The number of rotatable bonds is 6. The van der Waals surface area contributed by atoms with E-state index in [1.54, 1.807) is 7.11 Å². The molecule has 4 nitrogen and oxygen atoms in total. The van der Waals surface area contributed by atoms with Crippen LogP contribution in [-0.4, -0.2) is 18.2 Å². The molecule has 0 atom stereocenters. The Morgan fingerprint density at radius 1 is 0.968 bits per heavy atom.